The Kier molecular flexibility index (Phi) is 1.86. The third-order valence-corrected chi connectivity index (χ3v) is 5.78. The summed E-state index contributed by atoms with van der Waals surface area (Å²) in [6, 6.07) is 0. The highest BCUT2D eigenvalue weighted by Crippen LogP contribution is 2.65. The second-order valence-corrected chi connectivity index (χ2v) is 6.20. The van der Waals surface area contributed by atoms with Crippen molar-refractivity contribution < 1.29 is 4.79 Å². The lowest BCUT2D eigenvalue weighted by Crippen LogP contribution is -2.34. The van der Waals surface area contributed by atoms with E-state index in [1.165, 1.54) is 6.42 Å². The molecule has 13 heavy (non-hydrogen) atoms. The van der Waals surface area contributed by atoms with Gasteiger partial charge in [0, 0.05) is 5.41 Å². The molecule has 0 N–H and O–H groups in total. The van der Waals surface area contributed by atoms with Crippen molar-refractivity contribution in [2.75, 3.05) is 6.26 Å². The summed E-state index contributed by atoms with van der Waals surface area (Å²) in [4.78, 5) is 12.1. The van der Waals surface area contributed by atoms with Crippen molar-refractivity contribution in [3.05, 3.63) is 0 Å². The Labute approximate surface area is 84.7 Å². The van der Waals surface area contributed by atoms with Crippen LogP contribution in [0.3, 0.4) is 0 Å². The van der Waals surface area contributed by atoms with Crippen molar-refractivity contribution >= 4 is 17.5 Å². The van der Waals surface area contributed by atoms with Crippen molar-refractivity contribution in [1.29, 1.82) is 0 Å². The Morgan fingerprint density at radius 1 is 1.38 bits per heavy atom. The molecule has 0 aromatic heterocycles. The molecule has 0 amide bonds. The van der Waals surface area contributed by atoms with Crippen LogP contribution in [0.25, 0.3) is 0 Å². The van der Waals surface area contributed by atoms with Gasteiger partial charge in [-0.15, -0.1) is 0 Å². The lowest BCUT2D eigenvalue weighted by Gasteiger charge is -2.32. The molecule has 2 fully saturated rings. The number of carbonyl (C=O) groups excluding carboxylic acids is 1. The van der Waals surface area contributed by atoms with Crippen LogP contribution in [-0.2, 0) is 4.79 Å². The van der Waals surface area contributed by atoms with E-state index in [1.54, 1.807) is 11.8 Å². The summed E-state index contributed by atoms with van der Waals surface area (Å²) in [5, 5.41) is 0.286. The first kappa shape index (κ1) is 9.57. The fourth-order valence-electron chi connectivity index (χ4n) is 3.27. The fraction of sp³-hybridized carbons (Fsp3) is 0.909. The van der Waals surface area contributed by atoms with Gasteiger partial charge < -0.3 is 0 Å². The highest BCUT2D eigenvalue weighted by molar-refractivity contribution is 8.00. The molecule has 2 saturated carbocycles. The number of Topliss-reactive ketones (excluding diaryl/α,β-unsaturated/α-hetero) is 1. The summed E-state index contributed by atoms with van der Waals surface area (Å²) in [6.07, 6.45) is 4.43. The van der Waals surface area contributed by atoms with Crippen molar-refractivity contribution in [3.8, 4) is 0 Å². The minimum atomic E-state index is -0.0225. The maximum absolute atomic E-state index is 12.1. The maximum Gasteiger partial charge on any atom is 0.152 e. The topological polar surface area (TPSA) is 17.1 Å². The predicted molar refractivity (Wildman–Crippen MR) is 56.9 cm³/mol. The van der Waals surface area contributed by atoms with Crippen LogP contribution in [-0.4, -0.2) is 17.3 Å². The molecule has 74 valence electrons. The molecule has 2 bridgehead atoms. The molecule has 0 radical (unpaired) electrons. The van der Waals surface area contributed by atoms with Gasteiger partial charge in [0.25, 0.3) is 0 Å². The van der Waals surface area contributed by atoms with Crippen LogP contribution in [0.5, 0.6) is 0 Å². The number of rotatable bonds is 1. The molecule has 0 heterocycles. The number of carbonyl (C=O) groups is 1. The lowest BCUT2D eigenvalue weighted by atomic mass is 9.70. The molecule has 2 aliphatic rings. The maximum atomic E-state index is 12.1. The number of ketones is 1. The van der Waals surface area contributed by atoms with Crippen LogP contribution in [0.2, 0.25) is 0 Å². The first-order valence-electron chi connectivity index (χ1n) is 5.02. The van der Waals surface area contributed by atoms with Gasteiger partial charge in [-0.2, -0.15) is 11.8 Å². The van der Waals surface area contributed by atoms with Gasteiger partial charge in [-0.05, 0) is 30.4 Å². The van der Waals surface area contributed by atoms with Crippen molar-refractivity contribution in [3.63, 3.8) is 0 Å². The minimum absolute atomic E-state index is 0.0225. The molecule has 1 unspecified atom stereocenters. The number of thioether (sulfide) groups is 1. The molecule has 3 atom stereocenters. The number of hydrogen-bond donors (Lipinski definition) is 0. The van der Waals surface area contributed by atoms with Gasteiger partial charge in [0.05, 0.1) is 5.25 Å². The molecule has 2 heteroatoms. The van der Waals surface area contributed by atoms with Gasteiger partial charge in [-0.1, -0.05) is 20.8 Å². The highest BCUT2D eigenvalue weighted by atomic mass is 32.2. The predicted octanol–water partition coefficient (Wildman–Crippen LogP) is 2.74. The zero-order valence-corrected chi connectivity index (χ0v) is 9.70. The van der Waals surface area contributed by atoms with Gasteiger partial charge in [-0.25, -0.2) is 0 Å². The van der Waals surface area contributed by atoms with Crippen molar-refractivity contribution in [2.24, 2.45) is 16.7 Å². The number of hydrogen-bond acceptors (Lipinski definition) is 2. The van der Waals surface area contributed by atoms with Gasteiger partial charge in [0.1, 0.15) is 0 Å². The van der Waals surface area contributed by atoms with Crippen LogP contribution in [0.1, 0.15) is 33.6 Å². The zero-order valence-electron chi connectivity index (χ0n) is 8.89. The standard InChI is InChI=1S/C11H18OS/c1-10(2)7-5-6-11(10,3)9(12)8(7)13-4/h7-8H,5-6H2,1-4H3/t7-,8?,11+/m1/s1. The third kappa shape index (κ3) is 0.881. The van der Waals surface area contributed by atoms with Gasteiger partial charge in [0.15, 0.2) is 5.78 Å². The molecular formula is C11H18OS. The van der Waals surface area contributed by atoms with Crippen molar-refractivity contribution in [2.45, 2.75) is 38.9 Å². The summed E-state index contributed by atoms with van der Waals surface area (Å²) in [5.41, 5.74) is 0.211. The molecule has 2 rings (SSSR count). The van der Waals surface area contributed by atoms with Crippen molar-refractivity contribution in [1.82, 2.24) is 0 Å². The minimum Gasteiger partial charge on any atom is -0.298 e. The summed E-state index contributed by atoms with van der Waals surface area (Å²) in [7, 11) is 0. The van der Waals surface area contributed by atoms with E-state index in [1.807, 2.05) is 0 Å². The van der Waals surface area contributed by atoms with E-state index in [2.05, 4.69) is 27.0 Å². The lowest BCUT2D eigenvalue weighted by molar-refractivity contribution is -0.127. The second kappa shape index (κ2) is 2.53. The summed E-state index contributed by atoms with van der Waals surface area (Å²) >= 11 is 1.75. The Balaban J connectivity index is 2.44. The van der Waals surface area contributed by atoms with Gasteiger partial charge in [0.2, 0.25) is 0 Å². The second-order valence-electron chi connectivity index (χ2n) is 5.22. The molecular weight excluding hydrogens is 180 g/mol. The summed E-state index contributed by atoms with van der Waals surface area (Å²) in [6.45, 7) is 6.73. The molecule has 0 spiro atoms. The van der Waals surface area contributed by atoms with E-state index in [9.17, 15) is 4.79 Å². The third-order valence-electron chi connectivity index (χ3n) is 4.73. The largest absolute Gasteiger partial charge is 0.298 e. The van der Waals surface area contributed by atoms with E-state index >= 15 is 0 Å². The highest BCUT2D eigenvalue weighted by Gasteiger charge is 2.65. The van der Waals surface area contributed by atoms with Gasteiger partial charge >= 0.3 is 0 Å². The molecule has 0 aliphatic heterocycles. The monoisotopic (exact) mass is 198 g/mol. The molecule has 0 saturated heterocycles. The van der Waals surface area contributed by atoms with Crippen LogP contribution < -0.4 is 0 Å². The van der Waals surface area contributed by atoms with E-state index in [4.69, 9.17) is 0 Å². The molecule has 1 nitrogen and oxygen atoms in total. The summed E-state index contributed by atoms with van der Waals surface area (Å²) < 4.78 is 0. The Hall–Kier alpha value is 0.0200. The molecule has 0 aromatic rings. The van der Waals surface area contributed by atoms with E-state index in [0.717, 1.165) is 6.42 Å². The molecule has 2 aliphatic carbocycles. The van der Waals surface area contributed by atoms with Crippen LogP contribution >= 0.6 is 11.8 Å². The average molecular weight is 198 g/mol. The zero-order chi connectivity index (χ0) is 9.85. The fourth-order valence-corrected chi connectivity index (χ4v) is 4.55. The Morgan fingerprint density at radius 2 is 2.00 bits per heavy atom. The SMILES string of the molecule is CSC1C(=O)[C@]2(C)CC[C@H]1C2(C)C. The van der Waals surface area contributed by atoms with Gasteiger partial charge in [-0.3, -0.25) is 4.79 Å². The van der Waals surface area contributed by atoms with E-state index in [0.29, 0.717) is 11.7 Å². The van der Waals surface area contributed by atoms with E-state index < -0.39 is 0 Å². The normalized spacial score (nSPS) is 47.2. The summed E-state index contributed by atoms with van der Waals surface area (Å²) in [5.74, 6) is 1.14. The smallest absolute Gasteiger partial charge is 0.152 e. The molecule has 0 aromatic carbocycles. The van der Waals surface area contributed by atoms with Crippen LogP contribution in [0.15, 0.2) is 0 Å². The number of fused-ring (bicyclic) bond motifs is 2. The van der Waals surface area contributed by atoms with Crippen LogP contribution in [0.4, 0.5) is 0 Å². The van der Waals surface area contributed by atoms with Crippen LogP contribution in [0, 0.1) is 16.7 Å². The quantitative estimate of drug-likeness (QED) is 0.644. The Morgan fingerprint density at radius 3 is 2.31 bits per heavy atom. The average Bonchev–Trinajstić information content (AvgIpc) is 2.36. The Bertz CT molecular complexity index is 259. The first-order chi connectivity index (χ1) is 5.95. The van der Waals surface area contributed by atoms with E-state index in [-0.39, 0.29) is 16.1 Å². The first-order valence-corrected chi connectivity index (χ1v) is 6.31.